The zero-order valence-electron chi connectivity index (χ0n) is 15.6. The van der Waals surface area contributed by atoms with Gasteiger partial charge in [-0.3, -0.25) is 19.6 Å². The third-order valence-electron chi connectivity index (χ3n) is 4.10. The molecule has 2 aromatic carbocycles. The van der Waals surface area contributed by atoms with E-state index < -0.39 is 4.92 Å². The van der Waals surface area contributed by atoms with Crippen molar-refractivity contribution in [2.75, 3.05) is 5.32 Å². The van der Waals surface area contributed by atoms with Crippen molar-refractivity contribution < 1.29 is 14.5 Å². The smallest absolute Gasteiger partial charge is 0.275 e. The number of nitro benzene ring substituents is 1. The highest BCUT2D eigenvalue weighted by molar-refractivity contribution is 6.35. The molecule has 3 rings (SSSR count). The maximum atomic E-state index is 12.3. The van der Waals surface area contributed by atoms with Crippen LogP contribution in [0.3, 0.4) is 0 Å². The molecule has 1 aromatic heterocycles. The number of benzene rings is 2. The van der Waals surface area contributed by atoms with Gasteiger partial charge in [0.2, 0.25) is 5.91 Å². The van der Waals surface area contributed by atoms with Crippen LogP contribution in [-0.2, 0) is 11.3 Å². The predicted octanol–water partition coefficient (Wildman–Crippen LogP) is 5.88. The first-order valence-electron chi connectivity index (χ1n) is 8.63. The number of aromatic nitrogens is 2. The van der Waals surface area contributed by atoms with E-state index in [0.29, 0.717) is 16.6 Å². The monoisotopic (exact) mass is 468 g/mol. The topological polar surface area (TPSA) is 99.3 Å². The molecule has 0 unspecified atom stereocenters. The number of nitrogens with one attached hydrogen (secondary N) is 1. The van der Waals surface area contributed by atoms with Gasteiger partial charge in [0.25, 0.3) is 5.69 Å². The van der Waals surface area contributed by atoms with E-state index in [4.69, 9.17) is 39.5 Å². The zero-order valence-corrected chi connectivity index (χ0v) is 17.8. The van der Waals surface area contributed by atoms with Crippen molar-refractivity contribution in [3.05, 3.63) is 73.5 Å². The van der Waals surface area contributed by atoms with E-state index >= 15 is 0 Å². The summed E-state index contributed by atoms with van der Waals surface area (Å²) in [5, 5.41) is 19.2. The Balaban J connectivity index is 1.75. The number of nitrogens with zero attached hydrogens (tertiary/aromatic N) is 3. The molecule has 0 saturated heterocycles. The summed E-state index contributed by atoms with van der Waals surface area (Å²) in [7, 11) is 0. The predicted molar refractivity (Wildman–Crippen MR) is 115 cm³/mol. The van der Waals surface area contributed by atoms with E-state index in [0.717, 1.165) is 5.69 Å². The van der Waals surface area contributed by atoms with E-state index in [1.165, 1.54) is 30.5 Å². The van der Waals surface area contributed by atoms with Gasteiger partial charge in [0.1, 0.15) is 11.5 Å². The zero-order chi connectivity index (χ0) is 21.8. The number of rotatable bonds is 7. The lowest BCUT2D eigenvalue weighted by Gasteiger charge is -2.11. The van der Waals surface area contributed by atoms with Crippen molar-refractivity contribution in [2.24, 2.45) is 0 Å². The highest BCUT2D eigenvalue weighted by atomic mass is 35.5. The highest BCUT2D eigenvalue weighted by Crippen LogP contribution is 2.34. The lowest BCUT2D eigenvalue weighted by Crippen LogP contribution is -2.15. The lowest BCUT2D eigenvalue weighted by atomic mass is 10.2. The molecule has 1 amide bonds. The van der Waals surface area contributed by atoms with Crippen LogP contribution >= 0.6 is 34.8 Å². The second kappa shape index (κ2) is 9.34. The number of anilines is 1. The maximum absolute atomic E-state index is 12.3. The molecular weight excluding hydrogens is 455 g/mol. The largest absolute Gasteiger partial charge is 0.455 e. The van der Waals surface area contributed by atoms with Crippen LogP contribution in [0.4, 0.5) is 11.4 Å². The van der Waals surface area contributed by atoms with Crippen LogP contribution in [0, 0.1) is 17.0 Å². The van der Waals surface area contributed by atoms with Crippen molar-refractivity contribution in [1.29, 1.82) is 0 Å². The molecule has 0 aliphatic rings. The summed E-state index contributed by atoms with van der Waals surface area (Å²) in [6.45, 7) is 2.10. The Hall–Kier alpha value is -2.81. The molecule has 3 aromatic rings. The van der Waals surface area contributed by atoms with Crippen LogP contribution in [0.5, 0.6) is 11.5 Å². The fourth-order valence-corrected chi connectivity index (χ4v) is 3.17. The molecule has 0 bridgehead atoms. The number of carbonyl (C=O) groups is 1. The third-order valence-corrected chi connectivity index (χ3v) is 5.00. The Bertz CT molecular complexity index is 1120. The Labute approximate surface area is 186 Å². The molecule has 0 aliphatic heterocycles. The van der Waals surface area contributed by atoms with E-state index in [1.807, 2.05) is 0 Å². The van der Waals surface area contributed by atoms with Crippen molar-refractivity contribution in [3.8, 4) is 11.5 Å². The van der Waals surface area contributed by atoms with Gasteiger partial charge in [-0.05, 0) is 25.1 Å². The van der Waals surface area contributed by atoms with Gasteiger partial charge in [-0.25, -0.2) is 0 Å². The number of halogens is 3. The molecule has 0 radical (unpaired) electrons. The van der Waals surface area contributed by atoms with Gasteiger partial charge in [-0.1, -0.05) is 34.8 Å². The lowest BCUT2D eigenvalue weighted by molar-refractivity contribution is -0.384. The van der Waals surface area contributed by atoms with Gasteiger partial charge in [-0.2, -0.15) is 5.10 Å². The summed E-state index contributed by atoms with van der Waals surface area (Å²) >= 11 is 17.9. The first-order chi connectivity index (χ1) is 14.2. The molecule has 8 nitrogen and oxygen atoms in total. The van der Waals surface area contributed by atoms with E-state index in [-0.39, 0.29) is 40.2 Å². The molecule has 11 heteroatoms. The van der Waals surface area contributed by atoms with Crippen molar-refractivity contribution >= 4 is 52.1 Å². The Morgan fingerprint density at radius 3 is 2.60 bits per heavy atom. The van der Waals surface area contributed by atoms with Crippen LogP contribution in [0.15, 0.2) is 42.6 Å². The minimum atomic E-state index is -0.582. The van der Waals surface area contributed by atoms with E-state index in [1.54, 1.807) is 23.7 Å². The fourth-order valence-electron chi connectivity index (χ4n) is 2.58. The Morgan fingerprint density at radius 2 is 1.97 bits per heavy atom. The number of hydrogen-bond donors (Lipinski definition) is 1. The molecule has 156 valence electrons. The van der Waals surface area contributed by atoms with Gasteiger partial charge in [0, 0.05) is 23.6 Å². The van der Waals surface area contributed by atoms with Gasteiger partial charge >= 0.3 is 0 Å². The first-order valence-corrected chi connectivity index (χ1v) is 9.76. The summed E-state index contributed by atoms with van der Waals surface area (Å²) in [5.74, 6) is 0.0558. The summed E-state index contributed by atoms with van der Waals surface area (Å²) < 4.78 is 7.25. The van der Waals surface area contributed by atoms with Crippen LogP contribution in [0.1, 0.15) is 12.1 Å². The highest BCUT2D eigenvalue weighted by Gasteiger charge is 2.15. The number of carbonyl (C=O) groups excluding carboxylic acids is 1. The third kappa shape index (κ3) is 5.41. The minimum Gasteiger partial charge on any atom is -0.455 e. The number of hydrogen-bond acceptors (Lipinski definition) is 5. The van der Waals surface area contributed by atoms with Crippen LogP contribution < -0.4 is 10.1 Å². The minimum absolute atomic E-state index is 0.0980. The van der Waals surface area contributed by atoms with E-state index in [2.05, 4.69) is 10.4 Å². The molecule has 0 aliphatic carbocycles. The molecular formula is C19H15Cl3N4O4. The normalized spacial score (nSPS) is 10.7. The average Bonchev–Trinajstić information content (AvgIpc) is 3.00. The van der Waals surface area contributed by atoms with Gasteiger partial charge in [0.05, 0.1) is 45.2 Å². The fraction of sp³-hybridized carbons (Fsp3) is 0.158. The van der Waals surface area contributed by atoms with Crippen molar-refractivity contribution in [2.45, 2.75) is 19.9 Å². The van der Waals surface area contributed by atoms with Crippen molar-refractivity contribution in [3.63, 3.8) is 0 Å². The molecule has 30 heavy (non-hydrogen) atoms. The molecule has 0 fully saturated rings. The van der Waals surface area contributed by atoms with Crippen LogP contribution in [-0.4, -0.2) is 20.6 Å². The number of non-ortho nitro benzene ring substituents is 1. The number of aryl methyl sites for hydroxylation is 1. The molecule has 1 heterocycles. The van der Waals surface area contributed by atoms with Crippen molar-refractivity contribution in [1.82, 2.24) is 9.78 Å². The van der Waals surface area contributed by atoms with Gasteiger partial charge in [0.15, 0.2) is 0 Å². The summed E-state index contributed by atoms with van der Waals surface area (Å²) in [5.41, 5.74) is 0.711. The number of ether oxygens (including phenoxy) is 1. The van der Waals surface area contributed by atoms with Crippen LogP contribution in [0.2, 0.25) is 15.1 Å². The molecule has 0 atom stereocenters. The quantitative estimate of drug-likeness (QED) is 0.344. The maximum Gasteiger partial charge on any atom is 0.275 e. The molecule has 0 saturated carbocycles. The second-order valence-electron chi connectivity index (χ2n) is 6.25. The number of nitro groups is 1. The first kappa shape index (κ1) is 21.9. The standard InChI is InChI=1S/C19H15Cl3N4O4/c1-11-17(22)10-23-25(11)5-4-19(27)24-13-7-14(26(28)29)9-15(8-13)30-18-3-2-12(20)6-16(18)21/h2-3,6-10H,4-5H2,1H3,(H,24,27). The number of amides is 1. The van der Waals surface area contributed by atoms with Gasteiger partial charge < -0.3 is 10.1 Å². The van der Waals surface area contributed by atoms with E-state index in [9.17, 15) is 14.9 Å². The van der Waals surface area contributed by atoms with Gasteiger partial charge in [-0.15, -0.1) is 0 Å². The molecule has 1 N–H and O–H groups in total. The Morgan fingerprint density at radius 1 is 1.20 bits per heavy atom. The molecule has 0 spiro atoms. The SMILES string of the molecule is Cc1c(Cl)cnn1CCC(=O)Nc1cc(Oc2ccc(Cl)cc2Cl)cc([N+](=O)[O-])c1. The average molecular weight is 470 g/mol. The summed E-state index contributed by atoms with van der Waals surface area (Å²) in [6, 6.07) is 8.54. The second-order valence-corrected chi connectivity index (χ2v) is 7.50. The Kier molecular flexibility index (Phi) is 6.81. The summed E-state index contributed by atoms with van der Waals surface area (Å²) in [6.07, 6.45) is 1.60. The van der Waals surface area contributed by atoms with Crippen LogP contribution in [0.25, 0.3) is 0 Å². The summed E-state index contributed by atoms with van der Waals surface area (Å²) in [4.78, 5) is 23.0.